The number of hydrogen-bond donors (Lipinski definition) is 0. The third-order valence-electron chi connectivity index (χ3n) is 3.40. The quantitative estimate of drug-likeness (QED) is 0.691. The van der Waals surface area contributed by atoms with Crippen molar-refractivity contribution in [1.29, 1.82) is 0 Å². The van der Waals surface area contributed by atoms with Crippen LogP contribution in [0.15, 0.2) is 67.1 Å². The molecule has 4 heteroatoms. The van der Waals surface area contributed by atoms with Crippen molar-refractivity contribution in [3.63, 3.8) is 0 Å². The van der Waals surface area contributed by atoms with E-state index in [9.17, 15) is 4.79 Å². The number of rotatable bonds is 4. The summed E-state index contributed by atoms with van der Waals surface area (Å²) in [6.45, 7) is 2.19. The lowest BCUT2D eigenvalue weighted by molar-refractivity contribution is 0.0467. The lowest BCUT2D eigenvalue weighted by Crippen LogP contribution is -2.07. The number of benzene rings is 1. The summed E-state index contributed by atoms with van der Waals surface area (Å²) in [4.78, 5) is 16.3. The van der Waals surface area contributed by atoms with Gasteiger partial charge in [-0.2, -0.15) is 0 Å². The Hall–Kier alpha value is -2.88. The third-order valence-corrected chi connectivity index (χ3v) is 3.40. The van der Waals surface area contributed by atoms with Crippen LogP contribution in [0.1, 0.15) is 21.6 Å². The van der Waals surface area contributed by atoms with Gasteiger partial charge in [0.2, 0.25) is 0 Å². The van der Waals surface area contributed by atoms with Crippen molar-refractivity contribution < 1.29 is 9.53 Å². The van der Waals surface area contributed by atoms with Crippen LogP contribution in [0.2, 0.25) is 0 Å². The van der Waals surface area contributed by atoms with E-state index in [0.717, 1.165) is 16.9 Å². The molecule has 0 bridgehead atoms. The molecule has 0 aliphatic carbocycles. The summed E-state index contributed by atoms with van der Waals surface area (Å²) in [5, 5.41) is 0. The van der Waals surface area contributed by atoms with Gasteiger partial charge in [-0.25, -0.2) is 4.79 Å². The fourth-order valence-corrected chi connectivity index (χ4v) is 2.22. The molecular formula is C18H16N2O2. The first-order valence-corrected chi connectivity index (χ1v) is 7.05. The fourth-order valence-electron chi connectivity index (χ4n) is 2.22. The highest BCUT2D eigenvalue weighted by Gasteiger charge is 2.10. The van der Waals surface area contributed by atoms with E-state index in [1.54, 1.807) is 12.3 Å². The Bertz CT molecular complexity index is 765. The molecule has 0 aliphatic rings. The molecular weight excluding hydrogens is 276 g/mol. The molecule has 0 spiro atoms. The van der Waals surface area contributed by atoms with Gasteiger partial charge in [-0.05, 0) is 48.9 Å². The van der Waals surface area contributed by atoms with Gasteiger partial charge in [-0.1, -0.05) is 12.1 Å². The van der Waals surface area contributed by atoms with Crippen LogP contribution < -0.4 is 0 Å². The molecule has 0 atom stereocenters. The monoisotopic (exact) mass is 292 g/mol. The molecule has 0 fully saturated rings. The number of aryl methyl sites for hydroxylation is 1. The summed E-state index contributed by atoms with van der Waals surface area (Å²) < 4.78 is 7.29. The highest BCUT2D eigenvalue weighted by molar-refractivity contribution is 5.90. The van der Waals surface area contributed by atoms with Crippen LogP contribution in [-0.4, -0.2) is 15.5 Å². The van der Waals surface area contributed by atoms with E-state index >= 15 is 0 Å². The van der Waals surface area contributed by atoms with Gasteiger partial charge in [0, 0.05) is 24.3 Å². The summed E-state index contributed by atoms with van der Waals surface area (Å²) in [7, 11) is 0. The molecule has 22 heavy (non-hydrogen) atoms. The number of nitrogens with zero attached hydrogens (tertiary/aromatic N) is 2. The zero-order valence-corrected chi connectivity index (χ0v) is 12.3. The molecule has 0 saturated carbocycles. The maximum atomic E-state index is 12.2. The average molecular weight is 292 g/mol. The maximum absolute atomic E-state index is 12.2. The van der Waals surface area contributed by atoms with Crippen LogP contribution >= 0.6 is 0 Å². The smallest absolute Gasteiger partial charge is 0.338 e. The highest BCUT2D eigenvalue weighted by Crippen LogP contribution is 2.17. The molecule has 0 unspecified atom stereocenters. The van der Waals surface area contributed by atoms with Crippen LogP contribution in [-0.2, 0) is 11.3 Å². The maximum Gasteiger partial charge on any atom is 0.338 e. The molecule has 3 aromatic rings. The third kappa shape index (κ3) is 3.06. The minimum atomic E-state index is -0.348. The second-order valence-corrected chi connectivity index (χ2v) is 4.99. The largest absolute Gasteiger partial charge is 0.456 e. The molecule has 1 aromatic carbocycles. The molecule has 3 rings (SSSR count). The van der Waals surface area contributed by atoms with Crippen LogP contribution in [0.5, 0.6) is 0 Å². The first-order valence-electron chi connectivity index (χ1n) is 7.05. The molecule has 0 N–H and O–H groups in total. The lowest BCUT2D eigenvalue weighted by Gasteiger charge is -2.10. The molecule has 0 aliphatic heterocycles. The Morgan fingerprint density at radius 2 is 1.95 bits per heavy atom. The van der Waals surface area contributed by atoms with Crippen molar-refractivity contribution in [3.8, 4) is 5.69 Å². The number of ether oxygens (including phenoxy) is 1. The number of pyridine rings is 1. The zero-order valence-electron chi connectivity index (χ0n) is 12.3. The minimum Gasteiger partial charge on any atom is -0.456 e. The summed E-state index contributed by atoms with van der Waals surface area (Å²) in [5.74, 6) is -0.348. The molecule has 110 valence electrons. The second kappa shape index (κ2) is 6.26. The Balaban J connectivity index is 1.77. The van der Waals surface area contributed by atoms with Gasteiger partial charge in [-0.3, -0.25) is 4.98 Å². The topological polar surface area (TPSA) is 44.1 Å². The van der Waals surface area contributed by atoms with Gasteiger partial charge in [-0.15, -0.1) is 0 Å². The Kier molecular flexibility index (Phi) is 4.01. The van der Waals surface area contributed by atoms with Gasteiger partial charge in [0.15, 0.2) is 0 Å². The van der Waals surface area contributed by atoms with Crippen LogP contribution in [0.3, 0.4) is 0 Å². The zero-order chi connectivity index (χ0) is 15.4. The Morgan fingerprint density at radius 1 is 1.14 bits per heavy atom. The van der Waals surface area contributed by atoms with Crippen molar-refractivity contribution in [2.24, 2.45) is 0 Å². The van der Waals surface area contributed by atoms with Gasteiger partial charge in [0.1, 0.15) is 6.61 Å². The average Bonchev–Trinajstić information content (AvgIpc) is 3.08. The van der Waals surface area contributed by atoms with Crippen molar-refractivity contribution in [3.05, 3.63) is 83.9 Å². The van der Waals surface area contributed by atoms with E-state index in [4.69, 9.17) is 4.74 Å². The van der Waals surface area contributed by atoms with E-state index in [1.807, 2.05) is 66.3 Å². The predicted molar refractivity (Wildman–Crippen MR) is 83.9 cm³/mol. The number of carbonyl (C=O) groups is 1. The van der Waals surface area contributed by atoms with E-state index in [0.29, 0.717) is 5.56 Å². The summed E-state index contributed by atoms with van der Waals surface area (Å²) in [5.41, 5.74) is 3.33. The summed E-state index contributed by atoms with van der Waals surface area (Å²) in [6.07, 6.45) is 5.58. The van der Waals surface area contributed by atoms with Crippen molar-refractivity contribution in [1.82, 2.24) is 9.55 Å². The minimum absolute atomic E-state index is 0.173. The molecule has 2 aromatic heterocycles. The number of hydrogen-bond acceptors (Lipinski definition) is 3. The standard InChI is InChI=1S/C18H16N2O2/c1-14-7-8-15(12-17(14)20-10-4-5-11-20)18(21)22-13-16-6-2-3-9-19-16/h2-12H,13H2,1H3. The SMILES string of the molecule is Cc1ccc(C(=O)OCc2ccccn2)cc1-n1cccc1. The molecule has 0 saturated heterocycles. The van der Waals surface area contributed by atoms with Crippen molar-refractivity contribution in [2.45, 2.75) is 13.5 Å². The highest BCUT2D eigenvalue weighted by atomic mass is 16.5. The van der Waals surface area contributed by atoms with E-state index in [1.165, 1.54) is 0 Å². The number of esters is 1. The van der Waals surface area contributed by atoms with Gasteiger partial charge in [0.25, 0.3) is 0 Å². The van der Waals surface area contributed by atoms with Gasteiger partial charge >= 0.3 is 5.97 Å². The summed E-state index contributed by atoms with van der Waals surface area (Å²) in [6, 6.07) is 15.0. The van der Waals surface area contributed by atoms with Crippen LogP contribution in [0, 0.1) is 6.92 Å². The Labute approximate surface area is 129 Å². The number of carbonyl (C=O) groups excluding carboxylic acids is 1. The van der Waals surface area contributed by atoms with E-state index in [2.05, 4.69) is 4.98 Å². The predicted octanol–water partition coefficient (Wildman–Crippen LogP) is 3.54. The number of aromatic nitrogens is 2. The molecule has 2 heterocycles. The molecule has 4 nitrogen and oxygen atoms in total. The molecule has 0 amide bonds. The normalized spacial score (nSPS) is 10.4. The summed E-state index contributed by atoms with van der Waals surface area (Å²) >= 11 is 0. The van der Waals surface area contributed by atoms with Gasteiger partial charge in [0.05, 0.1) is 11.3 Å². The lowest BCUT2D eigenvalue weighted by atomic mass is 10.1. The van der Waals surface area contributed by atoms with Crippen LogP contribution in [0.25, 0.3) is 5.69 Å². The van der Waals surface area contributed by atoms with Gasteiger partial charge < -0.3 is 9.30 Å². The van der Waals surface area contributed by atoms with Crippen molar-refractivity contribution >= 4 is 5.97 Å². The van der Waals surface area contributed by atoms with Crippen molar-refractivity contribution in [2.75, 3.05) is 0 Å². The fraction of sp³-hybridized carbons (Fsp3) is 0.111. The van der Waals surface area contributed by atoms with E-state index < -0.39 is 0 Å². The second-order valence-electron chi connectivity index (χ2n) is 4.99. The molecule has 0 radical (unpaired) electrons. The Morgan fingerprint density at radius 3 is 2.68 bits per heavy atom. The van der Waals surface area contributed by atoms with Crippen LogP contribution in [0.4, 0.5) is 0 Å². The first-order chi connectivity index (χ1) is 10.7. The van der Waals surface area contributed by atoms with E-state index in [-0.39, 0.29) is 12.6 Å². The first kappa shape index (κ1) is 14.1.